The van der Waals surface area contributed by atoms with Gasteiger partial charge in [-0.15, -0.1) is 0 Å². The molecule has 0 aromatic heterocycles. The Morgan fingerprint density at radius 3 is 1.46 bits per heavy atom. The van der Waals surface area contributed by atoms with Gasteiger partial charge in [0.15, 0.2) is 0 Å². The van der Waals surface area contributed by atoms with E-state index in [-0.39, 0.29) is 0 Å². The average Bonchev–Trinajstić information content (AvgIpc) is 2.56. The Morgan fingerprint density at radius 1 is 0.750 bits per heavy atom. The summed E-state index contributed by atoms with van der Waals surface area (Å²) in [5.41, 5.74) is 0. The third-order valence-electron chi connectivity index (χ3n) is 2.73. The smallest absolute Gasteiger partial charge is 0.431 e. The zero-order valence-electron chi connectivity index (χ0n) is 15.0. The Morgan fingerprint density at radius 2 is 1.12 bits per heavy atom. The number of carbonyl (C=O) groups excluding carboxylic acids is 2. The van der Waals surface area contributed by atoms with Crippen LogP contribution in [-0.2, 0) is 9.47 Å². The fourth-order valence-electron chi connectivity index (χ4n) is 1.50. The van der Waals surface area contributed by atoms with Crippen LogP contribution in [0, 0.1) is 0 Å². The van der Waals surface area contributed by atoms with Gasteiger partial charge in [-0.1, -0.05) is 23.3 Å². The lowest BCUT2D eigenvalue weighted by Gasteiger charge is -2.08. The molecule has 10 nitrogen and oxygen atoms in total. The van der Waals surface area contributed by atoms with Crippen molar-refractivity contribution < 1.29 is 19.1 Å². The van der Waals surface area contributed by atoms with E-state index in [1.165, 1.54) is 14.1 Å². The lowest BCUT2D eigenvalue weighted by atomic mass is 10.2. The maximum atomic E-state index is 11.2. The number of nitrogens with zero attached hydrogens (tertiary/aromatic N) is 6. The molecule has 0 spiro atoms. The summed E-state index contributed by atoms with van der Waals surface area (Å²) in [5, 5.41) is 17.5. The summed E-state index contributed by atoms with van der Waals surface area (Å²) in [4.78, 5) is 22.5. The largest absolute Gasteiger partial charge is 0.448 e. The first-order valence-electron chi connectivity index (χ1n) is 8.08. The monoisotopic (exact) mass is 344 g/mol. The lowest BCUT2D eigenvalue weighted by Crippen LogP contribution is -2.21. The van der Waals surface area contributed by atoms with Crippen LogP contribution < -0.4 is 0 Å². The third-order valence-corrected chi connectivity index (χ3v) is 2.73. The highest BCUT2D eigenvalue weighted by molar-refractivity contribution is 5.66. The van der Waals surface area contributed by atoms with Gasteiger partial charge in [0, 0.05) is 14.1 Å². The summed E-state index contributed by atoms with van der Waals surface area (Å²) < 4.78 is 9.53. The zero-order chi connectivity index (χ0) is 18.2. The summed E-state index contributed by atoms with van der Waals surface area (Å²) in [6, 6.07) is 0. The molecule has 0 aliphatic heterocycles. The first kappa shape index (κ1) is 21.7. The minimum absolute atomic E-state index is 0.311. The van der Waals surface area contributed by atoms with E-state index in [0.717, 1.165) is 35.7 Å². The van der Waals surface area contributed by atoms with E-state index in [1.807, 2.05) is 0 Å². The molecule has 0 rings (SSSR count). The summed E-state index contributed by atoms with van der Waals surface area (Å²) in [7, 11) is 3.00. The molecule has 0 N–H and O–H groups in total. The van der Waals surface area contributed by atoms with Crippen molar-refractivity contribution in [2.45, 2.75) is 39.5 Å². The Kier molecular flexibility index (Phi) is 13.0. The predicted molar refractivity (Wildman–Crippen MR) is 87.5 cm³/mol. The summed E-state index contributed by atoms with van der Waals surface area (Å²) in [6.07, 6.45) is 2.68. The van der Waals surface area contributed by atoms with Crippen LogP contribution in [0.3, 0.4) is 0 Å². The molecule has 0 aromatic rings. The van der Waals surface area contributed by atoms with Crippen LogP contribution in [-0.4, -0.2) is 62.6 Å². The second kappa shape index (κ2) is 14.3. The summed E-state index contributed by atoms with van der Waals surface area (Å²) >= 11 is 0. The van der Waals surface area contributed by atoms with Crippen molar-refractivity contribution in [3.05, 3.63) is 0 Å². The first-order valence-corrected chi connectivity index (χ1v) is 8.08. The topological polar surface area (TPSA) is 109 Å². The number of hydrogen-bond donors (Lipinski definition) is 0. The zero-order valence-corrected chi connectivity index (χ0v) is 15.0. The quantitative estimate of drug-likeness (QED) is 0.325. The Hall–Kier alpha value is -2.26. The van der Waals surface area contributed by atoms with Gasteiger partial charge in [0.25, 0.3) is 0 Å². The SMILES string of the molecule is CCOC(=O)N(C)N=NCCCCCCN=NN(C)C(=O)OCC. The van der Waals surface area contributed by atoms with Crippen molar-refractivity contribution in [3.63, 3.8) is 0 Å². The normalized spacial score (nSPS) is 11.0. The van der Waals surface area contributed by atoms with Gasteiger partial charge in [-0.25, -0.2) is 9.59 Å². The van der Waals surface area contributed by atoms with Crippen molar-refractivity contribution in [2.24, 2.45) is 20.7 Å². The fourth-order valence-corrected chi connectivity index (χ4v) is 1.50. The van der Waals surface area contributed by atoms with E-state index >= 15 is 0 Å². The van der Waals surface area contributed by atoms with Crippen LogP contribution in [0.2, 0.25) is 0 Å². The number of unbranched alkanes of at least 4 members (excludes halogenated alkanes) is 3. The molecule has 0 fully saturated rings. The van der Waals surface area contributed by atoms with E-state index in [1.54, 1.807) is 13.8 Å². The molecule has 10 heteroatoms. The van der Waals surface area contributed by atoms with Gasteiger partial charge < -0.3 is 9.47 Å². The van der Waals surface area contributed by atoms with E-state index in [0.29, 0.717) is 26.3 Å². The van der Waals surface area contributed by atoms with Gasteiger partial charge >= 0.3 is 12.2 Å². The van der Waals surface area contributed by atoms with E-state index in [9.17, 15) is 9.59 Å². The molecule has 0 aliphatic rings. The number of carbonyl (C=O) groups is 2. The summed E-state index contributed by atoms with van der Waals surface area (Å²) in [5.74, 6) is 0. The van der Waals surface area contributed by atoms with Crippen molar-refractivity contribution in [2.75, 3.05) is 40.4 Å². The molecule has 0 aromatic carbocycles. The van der Waals surface area contributed by atoms with E-state index in [4.69, 9.17) is 9.47 Å². The van der Waals surface area contributed by atoms with Gasteiger partial charge in [0.05, 0.1) is 26.3 Å². The minimum Gasteiger partial charge on any atom is -0.448 e. The van der Waals surface area contributed by atoms with Crippen LogP contribution in [0.15, 0.2) is 20.7 Å². The number of ether oxygens (including phenoxy) is 2. The van der Waals surface area contributed by atoms with Crippen LogP contribution in [0.25, 0.3) is 0 Å². The Labute approximate surface area is 142 Å². The molecular weight excluding hydrogens is 316 g/mol. The molecule has 138 valence electrons. The fraction of sp³-hybridized carbons (Fsp3) is 0.857. The van der Waals surface area contributed by atoms with Crippen LogP contribution in [0.5, 0.6) is 0 Å². The lowest BCUT2D eigenvalue weighted by molar-refractivity contribution is 0.113. The maximum Gasteiger partial charge on any atom is 0.431 e. The van der Waals surface area contributed by atoms with Gasteiger partial charge in [0.2, 0.25) is 0 Å². The number of rotatable bonds is 11. The van der Waals surface area contributed by atoms with Gasteiger partial charge in [-0.2, -0.15) is 20.2 Å². The third kappa shape index (κ3) is 11.3. The molecule has 0 aliphatic carbocycles. The second-order valence-electron chi connectivity index (χ2n) is 4.77. The predicted octanol–water partition coefficient (Wildman–Crippen LogP) is 3.46. The summed E-state index contributed by atoms with van der Waals surface area (Å²) in [6.45, 7) is 5.19. The van der Waals surface area contributed by atoms with Crippen molar-refractivity contribution >= 4 is 12.2 Å². The van der Waals surface area contributed by atoms with E-state index in [2.05, 4.69) is 20.7 Å². The molecule has 24 heavy (non-hydrogen) atoms. The van der Waals surface area contributed by atoms with Crippen LogP contribution in [0.4, 0.5) is 9.59 Å². The highest BCUT2D eigenvalue weighted by Crippen LogP contribution is 2.02. The minimum atomic E-state index is -0.514. The van der Waals surface area contributed by atoms with Gasteiger partial charge in [0.1, 0.15) is 0 Å². The van der Waals surface area contributed by atoms with Crippen LogP contribution in [0.1, 0.15) is 39.5 Å². The molecule has 0 heterocycles. The van der Waals surface area contributed by atoms with Crippen molar-refractivity contribution in [1.82, 2.24) is 10.0 Å². The first-order chi connectivity index (χ1) is 11.5. The Bertz CT molecular complexity index is 378. The Balaban J connectivity index is 3.61. The van der Waals surface area contributed by atoms with Gasteiger partial charge in [-0.05, 0) is 26.7 Å². The molecule has 0 radical (unpaired) electrons. The highest BCUT2D eigenvalue weighted by atomic mass is 16.6. The maximum absolute atomic E-state index is 11.2. The van der Waals surface area contributed by atoms with Gasteiger partial charge in [-0.3, -0.25) is 0 Å². The molecule has 0 saturated carbocycles. The number of amides is 2. The second-order valence-corrected chi connectivity index (χ2v) is 4.77. The molecule has 0 unspecified atom stereocenters. The molecule has 0 atom stereocenters. The van der Waals surface area contributed by atoms with Crippen LogP contribution >= 0.6 is 0 Å². The number of hydrogen-bond acceptors (Lipinski definition) is 8. The molecular formula is C14H28N6O4. The standard InChI is InChI=1S/C14H28N6O4/c1-5-23-13(21)19(3)17-15-11-9-7-8-10-12-16-18-20(4)14(22)24-6-2/h5-12H2,1-4H3. The van der Waals surface area contributed by atoms with E-state index < -0.39 is 12.2 Å². The van der Waals surface area contributed by atoms with Crippen molar-refractivity contribution in [3.8, 4) is 0 Å². The highest BCUT2D eigenvalue weighted by Gasteiger charge is 2.07. The van der Waals surface area contributed by atoms with Crippen molar-refractivity contribution in [1.29, 1.82) is 0 Å². The molecule has 0 bridgehead atoms. The molecule has 0 saturated heterocycles. The average molecular weight is 344 g/mol. The molecule has 2 amide bonds.